The molecular formula is C15H19N3O2. The third-order valence-electron chi connectivity index (χ3n) is 3.87. The van der Waals surface area contributed by atoms with Gasteiger partial charge in [-0.1, -0.05) is 18.1 Å². The number of hydrogen-bond donors (Lipinski definition) is 1. The van der Waals surface area contributed by atoms with Gasteiger partial charge in [-0.25, -0.2) is 0 Å². The third-order valence-corrected chi connectivity index (χ3v) is 3.87. The van der Waals surface area contributed by atoms with Crippen molar-refractivity contribution >= 4 is 0 Å². The van der Waals surface area contributed by atoms with Gasteiger partial charge in [-0.2, -0.15) is 4.98 Å². The lowest BCUT2D eigenvalue weighted by atomic mass is 9.98. The van der Waals surface area contributed by atoms with Crippen LogP contribution in [0.1, 0.15) is 24.3 Å². The molecule has 2 aromatic rings. The number of benzene rings is 1. The number of methoxy groups -OCH3 is 1. The molecule has 1 aromatic carbocycles. The molecule has 20 heavy (non-hydrogen) atoms. The number of aromatic nitrogens is 2. The van der Waals surface area contributed by atoms with Gasteiger partial charge in [-0.05, 0) is 37.1 Å². The van der Waals surface area contributed by atoms with E-state index in [0.717, 1.165) is 30.0 Å². The Balaban J connectivity index is 1.94. The first kappa shape index (κ1) is 13.1. The van der Waals surface area contributed by atoms with E-state index in [2.05, 4.69) is 22.4 Å². The first-order valence-electron chi connectivity index (χ1n) is 6.88. The molecule has 1 fully saturated rings. The molecule has 2 atom stereocenters. The number of aryl methyl sites for hydroxylation is 1. The Hall–Kier alpha value is -1.88. The largest absolute Gasteiger partial charge is 0.496 e. The summed E-state index contributed by atoms with van der Waals surface area (Å²) in [5.41, 5.74) is 2.01. The fourth-order valence-electron chi connectivity index (χ4n) is 2.62. The number of hydrogen-bond acceptors (Lipinski definition) is 5. The van der Waals surface area contributed by atoms with Crippen LogP contribution < -0.4 is 10.1 Å². The van der Waals surface area contributed by atoms with Crippen molar-refractivity contribution in [1.29, 1.82) is 0 Å². The van der Waals surface area contributed by atoms with E-state index in [9.17, 15) is 0 Å². The minimum absolute atomic E-state index is 0.299. The maximum Gasteiger partial charge on any atom is 0.231 e. The van der Waals surface area contributed by atoms with Crippen molar-refractivity contribution < 1.29 is 9.26 Å². The van der Waals surface area contributed by atoms with Crippen molar-refractivity contribution in [2.75, 3.05) is 20.2 Å². The van der Waals surface area contributed by atoms with E-state index >= 15 is 0 Å². The molecule has 0 unspecified atom stereocenters. The van der Waals surface area contributed by atoms with Crippen molar-refractivity contribution in [3.05, 3.63) is 29.7 Å². The normalized spacial score (nSPS) is 22.1. The van der Waals surface area contributed by atoms with Gasteiger partial charge in [0.2, 0.25) is 11.7 Å². The molecular weight excluding hydrogens is 254 g/mol. The van der Waals surface area contributed by atoms with Crippen LogP contribution >= 0.6 is 0 Å². The van der Waals surface area contributed by atoms with Crippen LogP contribution in [0.15, 0.2) is 22.7 Å². The predicted molar refractivity (Wildman–Crippen MR) is 75.8 cm³/mol. The van der Waals surface area contributed by atoms with Crippen LogP contribution in [0, 0.1) is 12.8 Å². The Morgan fingerprint density at radius 1 is 1.35 bits per heavy atom. The molecule has 1 saturated heterocycles. The van der Waals surface area contributed by atoms with Gasteiger partial charge in [-0.3, -0.25) is 0 Å². The zero-order chi connectivity index (χ0) is 14.1. The Labute approximate surface area is 118 Å². The van der Waals surface area contributed by atoms with Gasteiger partial charge in [-0.15, -0.1) is 0 Å². The Morgan fingerprint density at radius 3 is 2.90 bits per heavy atom. The van der Waals surface area contributed by atoms with E-state index in [-0.39, 0.29) is 0 Å². The standard InChI is InChI=1S/C15H19N3O2/c1-9-4-5-11(13(6-9)19-3)14-17-15(20-18-14)12-8-16-7-10(12)2/h4-6,10,12,16H,7-8H2,1-3H3/t10-,12-/m1/s1. The summed E-state index contributed by atoms with van der Waals surface area (Å²) in [5.74, 6) is 2.89. The van der Waals surface area contributed by atoms with E-state index < -0.39 is 0 Å². The summed E-state index contributed by atoms with van der Waals surface area (Å²) in [7, 11) is 1.65. The van der Waals surface area contributed by atoms with Crippen LogP contribution in [0.25, 0.3) is 11.4 Å². The highest BCUT2D eigenvalue weighted by molar-refractivity contribution is 5.64. The lowest BCUT2D eigenvalue weighted by Gasteiger charge is -2.07. The van der Waals surface area contributed by atoms with Gasteiger partial charge in [0.1, 0.15) is 5.75 Å². The molecule has 5 heteroatoms. The van der Waals surface area contributed by atoms with E-state index in [1.807, 2.05) is 25.1 Å². The molecule has 5 nitrogen and oxygen atoms in total. The first-order valence-corrected chi connectivity index (χ1v) is 6.88. The number of nitrogens with one attached hydrogen (secondary N) is 1. The molecule has 0 bridgehead atoms. The van der Waals surface area contributed by atoms with Gasteiger partial charge < -0.3 is 14.6 Å². The second kappa shape index (κ2) is 5.25. The molecule has 0 saturated carbocycles. The zero-order valence-corrected chi connectivity index (χ0v) is 12.0. The fourth-order valence-corrected chi connectivity index (χ4v) is 2.62. The quantitative estimate of drug-likeness (QED) is 0.930. The van der Waals surface area contributed by atoms with Crippen molar-refractivity contribution in [1.82, 2.24) is 15.5 Å². The summed E-state index contributed by atoms with van der Waals surface area (Å²) in [6.45, 7) is 6.12. The van der Waals surface area contributed by atoms with Crippen molar-refractivity contribution in [2.24, 2.45) is 5.92 Å². The third kappa shape index (κ3) is 2.29. The summed E-state index contributed by atoms with van der Waals surface area (Å²) in [6, 6.07) is 5.97. The lowest BCUT2D eigenvalue weighted by molar-refractivity contribution is 0.339. The SMILES string of the molecule is COc1cc(C)ccc1-c1noc([C@@H]2CNC[C@H]2C)n1. The average Bonchev–Trinajstić information content (AvgIpc) is 3.07. The molecule has 1 N–H and O–H groups in total. The summed E-state index contributed by atoms with van der Waals surface area (Å²) in [4.78, 5) is 4.55. The predicted octanol–water partition coefficient (Wildman–Crippen LogP) is 2.38. The van der Waals surface area contributed by atoms with Crippen molar-refractivity contribution in [2.45, 2.75) is 19.8 Å². The van der Waals surface area contributed by atoms with E-state index in [0.29, 0.717) is 23.6 Å². The van der Waals surface area contributed by atoms with Gasteiger partial charge in [0, 0.05) is 6.54 Å². The molecule has 0 aliphatic carbocycles. The first-order chi connectivity index (χ1) is 9.69. The zero-order valence-electron chi connectivity index (χ0n) is 12.0. The Bertz CT molecular complexity index is 609. The topological polar surface area (TPSA) is 60.2 Å². The molecule has 0 amide bonds. The maximum atomic E-state index is 5.45. The van der Waals surface area contributed by atoms with Crippen LogP contribution in [-0.4, -0.2) is 30.3 Å². The van der Waals surface area contributed by atoms with Gasteiger partial charge >= 0.3 is 0 Å². The molecule has 0 spiro atoms. The molecule has 1 aliphatic heterocycles. The van der Waals surface area contributed by atoms with Gasteiger partial charge in [0.25, 0.3) is 0 Å². The number of nitrogens with zero attached hydrogens (tertiary/aromatic N) is 2. The van der Waals surface area contributed by atoms with Crippen LogP contribution in [0.4, 0.5) is 0 Å². The van der Waals surface area contributed by atoms with E-state index in [1.54, 1.807) is 7.11 Å². The highest BCUT2D eigenvalue weighted by Gasteiger charge is 2.30. The fraction of sp³-hybridized carbons (Fsp3) is 0.467. The summed E-state index contributed by atoms with van der Waals surface area (Å²) in [6.07, 6.45) is 0. The average molecular weight is 273 g/mol. The van der Waals surface area contributed by atoms with Crippen LogP contribution in [0.5, 0.6) is 5.75 Å². The second-order valence-corrected chi connectivity index (χ2v) is 5.40. The van der Waals surface area contributed by atoms with Crippen LogP contribution in [0.2, 0.25) is 0 Å². The monoisotopic (exact) mass is 273 g/mol. The molecule has 2 heterocycles. The minimum atomic E-state index is 0.299. The molecule has 106 valence electrons. The Morgan fingerprint density at radius 2 is 2.20 bits per heavy atom. The van der Waals surface area contributed by atoms with Gasteiger partial charge in [0.15, 0.2) is 0 Å². The van der Waals surface area contributed by atoms with Crippen LogP contribution in [-0.2, 0) is 0 Å². The highest BCUT2D eigenvalue weighted by Crippen LogP contribution is 2.32. The van der Waals surface area contributed by atoms with Crippen molar-refractivity contribution in [3.8, 4) is 17.1 Å². The summed E-state index contributed by atoms with van der Waals surface area (Å²) >= 11 is 0. The minimum Gasteiger partial charge on any atom is -0.496 e. The smallest absolute Gasteiger partial charge is 0.231 e. The highest BCUT2D eigenvalue weighted by atomic mass is 16.5. The number of ether oxygens (including phenoxy) is 1. The van der Waals surface area contributed by atoms with E-state index in [1.165, 1.54) is 0 Å². The van der Waals surface area contributed by atoms with Crippen LogP contribution in [0.3, 0.4) is 0 Å². The summed E-state index contributed by atoms with van der Waals surface area (Å²) < 4.78 is 10.8. The lowest BCUT2D eigenvalue weighted by Crippen LogP contribution is -2.08. The molecule has 1 aliphatic rings. The van der Waals surface area contributed by atoms with Gasteiger partial charge in [0.05, 0.1) is 18.6 Å². The molecule has 3 rings (SSSR count). The Kier molecular flexibility index (Phi) is 3.44. The summed E-state index contributed by atoms with van der Waals surface area (Å²) in [5, 5.41) is 7.46. The second-order valence-electron chi connectivity index (χ2n) is 5.40. The van der Waals surface area contributed by atoms with E-state index in [4.69, 9.17) is 9.26 Å². The number of rotatable bonds is 3. The molecule has 0 radical (unpaired) electrons. The van der Waals surface area contributed by atoms with Crippen molar-refractivity contribution in [3.63, 3.8) is 0 Å². The maximum absolute atomic E-state index is 5.45. The molecule has 1 aromatic heterocycles.